The van der Waals surface area contributed by atoms with E-state index in [1.807, 2.05) is 54.6 Å². The molecule has 0 radical (unpaired) electrons. The second kappa shape index (κ2) is 8.61. The van der Waals surface area contributed by atoms with Crippen molar-refractivity contribution in [2.24, 2.45) is 0 Å². The monoisotopic (exact) mass is 469 g/mol. The summed E-state index contributed by atoms with van der Waals surface area (Å²) >= 11 is 6.37. The molecular weight excluding hydrogens is 450 g/mol. The van der Waals surface area contributed by atoms with Crippen molar-refractivity contribution in [3.05, 3.63) is 106 Å². The zero-order chi connectivity index (χ0) is 23.8. The van der Waals surface area contributed by atoms with E-state index in [0.29, 0.717) is 38.2 Å². The first-order valence-electron chi connectivity index (χ1n) is 10.7. The fourth-order valence-corrected chi connectivity index (χ4v) is 4.28. The molecule has 168 valence electrons. The molecule has 3 aromatic carbocycles. The molecule has 2 heterocycles. The second-order valence-corrected chi connectivity index (χ2v) is 8.30. The number of nitrogen functional groups attached to an aromatic ring is 1. The molecular formula is C26H20ClN5O2. The molecule has 5 aromatic rings. The quantitative estimate of drug-likeness (QED) is 0.398. The number of nitrogens with two attached hydrogens (primary N) is 1. The Morgan fingerprint density at radius 3 is 2.38 bits per heavy atom. The van der Waals surface area contributed by atoms with E-state index in [-0.39, 0.29) is 17.1 Å². The molecule has 7 nitrogen and oxygen atoms in total. The average molecular weight is 470 g/mol. The standard InChI is InChI=1S/C26H20ClN5O2/c1-15(29-25(33)23-24(28)31-20-13-6-5-12-19(20)30-23)21-14-16-8-7-11-18(27)22(16)26(34)32(21)17-9-3-2-4-10-17/h2-15H,1H3,(H2,28,31)(H,29,33)/t15-/m0/s1. The van der Waals surface area contributed by atoms with Gasteiger partial charge in [0.1, 0.15) is 0 Å². The zero-order valence-corrected chi connectivity index (χ0v) is 19.0. The van der Waals surface area contributed by atoms with Crippen molar-refractivity contribution in [2.75, 3.05) is 5.73 Å². The number of halogens is 1. The van der Waals surface area contributed by atoms with Crippen molar-refractivity contribution >= 4 is 45.1 Å². The first kappa shape index (κ1) is 21.6. The van der Waals surface area contributed by atoms with Crippen LogP contribution in [0.1, 0.15) is 29.1 Å². The molecule has 5 rings (SSSR count). The number of hydrogen-bond donors (Lipinski definition) is 2. The number of anilines is 1. The Labute approximate surface area is 199 Å². The number of benzene rings is 3. The number of hydrogen-bond acceptors (Lipinski definition) is 5. The predicted molar refractivity (Wildman–Crippen MR) is 134 cm³/mol. The van der Waals surface area contributed by atoms with Gasteiger partial charge in [0, 0.05) is 11.4 Å². The van der Waals surface area contributed by atoms with Crippen LogP contribution in [0, 0.1) is 0 Å². The lowest BCUT2D eigenvalue weighted by molar-refractivity contribution is 0.0934. The van der Waals surface area contributed by atoms with E-state index in [1.54, 1.807) is 35.8 Å². The van der Waals surface area contributed by atoms with Gasteiger partial charge in [0.25, 0.3) is 11.5 Å². The van der Waals surface area contributed by atoms with Crippen molar-refractivity contribution in [3.8, 4) is 5.69 Å². The predicted octanol–water partition coefficient (Wildman–Crippen LogP) is 4.66. The molecule has 0 bridgehead atoms. The normalized spacial score (nSPS) is 12.1. The Morgan fingerprint density at radius 1 is 0.971 bits per heavy atom. The maximum absolute atomic E-state index is 13.6. The van der Waals surface area contributed by atoms with E-state index in [0.717, 1.165) is 0 Å². The van der Waals surface area contributed by atoms with Gasteiger partial charge >= 0.3 is 0 Å². The molecule has 0 unspecified atom stereocenters. The summed E-state index contributed by atoms with van der Waals surface area (Å²) in [7, 11) is 0. The highest BCUT2D eigenvalue weighted by Crippen LogP contribution is 2.26. The highest BCUT2D eigenvalue weighted by atomic mass is 35.5. The van der Waals surface area contributed by atoms with Crippen LogP contribution in [-0.2, 0) is 0 Å². The highest BCUT2D eigenvalue weighted by Gasteiger charge is 2.22. The average Bonchev–Trinajstić information content (AvgIpc) is 2.83. The zero-order valence-electron chi connectivity index (χ0n) is 18.2. The largest absolute Gasteiger partial charge is 0.382 e. The van der Waals surface area contributed by atoms with Crippen LogP contribution < -0.4 is 16.6 Å². The maximum Gasteiger partial charge on any atom is 0.274 e. The Kier molecular flexibility index (Phi) is 5.47. The number of fused-ring (bicyclic) bond motifs is 2. The minimum atomic E-state index is -0.559. The summed E-state index contributed by atoms with van der Waals surface area (Å²) in [5.74, 6) is -0.448. The Morgan fingerprint density at radius 2 is 1.65 bits per heavy atom. The van der Waals surface area contributed by atoms with Gasteiger partial charge in [-0.15, -0.1) is 0 Å². The molecule has 8 heteroatoms. The van der Waals surface area contributed by atoms with Crippen molar-refractivity contribution in [3.63, 3.8) is 0 Å². The molecule has 0 aliphatic carbocycles. The number of pyridine rings is 1. The van der Waals surface area contributed by atoms with Gasteiger partial charge in [-0.1, -0.05) is 54.1 Å². The van der Waals surface area contributed by atoms with Gasteiger partial charge < -0.3 is 11.1 Å². The topological polar surface area (TPSA) is 103 Å². The van der Waals surface area contributed by atoms with Gasteiger partial charge in [-0.25, -0.2) is 9.97 Å². The molecule has 1 atom stereocenters. The van der Waals surface area contributed by atoms with Crippen LogP contribution in [0.4, 0.5) is 5.82 Å². The van der Waals surface area contributed by atoms with Gasteiger partial charge in [-0.3, -0.25) is 14.2 Å². The summed E-state index contributed by atoms with van der Waals surface area (Å²) < 4.78 is 1.56. The Bertz CT molecular complexity index is 1620. The number of carbonyl (C=O) groups is 1. The third-order valence-corrected chi connectivity index (χ3v) is 5.96. The number of amides is 1. The summed E-state index contributed by atoms with van der Waals surface area (Å²) in [4.78, 5) is 35.4. The summed E-state index contributed by atoms with van der Waals surface area (Å²) in [6.07, 6.45) is 0. The third-order valence-electron chi connectivity index (χ3n) is 5.64. The van der Waals surface area contributed by atoms with Crippen LogP contribution in [0.15, 0.2) is 83.7 Å². The number of nitrogens with zero attached hydrogens (tertiary/aromatic N) is 3. The molecule has 0 saturated carbocycles. The molecule has 0 saturated heterocycles. The fourth-order valence-electron chi connectivity index (χ4n) is 4.02. The van der Waals surface area contributed by atoms with Gasteiger partial charge in [-0.2, -0.15) is 0 Å². The van der Waals surface area contributed by atoms with Gasteiger partial charge in [0.05, 0.1) is 27.5 Å². The molecule has 0 aliphatic heterocycles. The molecule has 0 fully saturated rings. The first-order valence-corrected chi connectivity index (χ1v) is 11.0. The molecule has 0 spiro atoms. The van der Waals surface area contributed by atoms with Crippen molar-refractivity contribution < 1.29 is 4.79 Å². The van der Waals surface area contributed by atoms with E-state index < -0.39 is 11.9 Å². The second-order valence-electron chi connectivity index (χ2n) is 7.89. The van der Waals surface area contributed by atoms with Gasteiger partial charge in [-0.05, 0) is 48.7 Å². The number of para-hydroxylation sites is 3. The molecule has 34 heavy (non-hydrogen) atoms. The summed E-state index contributed by atoms with van der Waals surface area (Å²) in [5.41, 5.74) is 8.22. The molecule has 0 aliphatic rings. The molecule has 1 amide bonds. The van der Waals surface area contributed by atoms with Gasteiger partial charge in [0.2, 0.25) is 0 Å². The smallest absolute Gasteiger partial charge is 0.274 e. The summed E-state index contributed by atoms with van der Waals surface area (Å²) in [6.45, 7) is 1.80. The minimum absolute atomic E-state index is 0.0305. The van der Waals surface area contributed by atoms with Crippen LogP contribution in [-0.4, -0.2) is 20.4 Å². The van der Waals surface area contributed by atoms with Crippen molar-refractivity contribution in [1.29, 1.82) is 0 Å². The highest BCUT2D eigenvalue weighted by molar-refractivity contribution is 6.35. The Balaban J connectivity index is 1.61. The van der Waals surface area contributed by atoms with E-state index >= 15 is 0 Å². The van der Waals surface area contributed by atoms with Gasteiger partial charge in [0.15, 0.2) is 11.5 Å². The fraction of sp³-hybridized carbons (Fsp3) is 0.0769. The minimum Gasteiger partial charge on any atom is -0.382 e. The number of nitrogens with one attached hydrogen (secondary N) is 1. The van der Waals surface area contributed by atoms with E-state index in [9.17, 15) is 9.59 Å². The lowest BCUT2D eigenvalue weighted by atomic mass is 10.1. The van der Waals surface area contributed by atoms with Crippen LogP contribution in [0.2, 0.25) is 5.02 Å². The number of aromatic nitrogens is 3. The van der Waals surface area contributed by atoms with Crippen LogP contribution in [0.5, 0.6) is 0 Å². The number of rotatable bonds is 4. The number of carbonyl (C=O) groups excluding carboxylic acids is 1. The first-order chi connectivity index (χ1) is 16.4. The van der Waals surface area contributed by atoms with Crippen LogP contribution in [0.3, 0.4) is 0 Å². The van der Waals surface area contributed by atoms with Crippen LogP contribution in [0.25, 0.3) is 27.5 Å². The summed E-state index contributed by atoms with van der Waals surface area (Å²) in [6, 6.07) is 23.0. The van der Waals surface area contributed by atoms with Crippen molar-refractivity contribution in [1.82, 2.24) is 19.9 Å². The van der Waals surface area contributed by atoms with Crippen LogP contribution >= 0.6 is 11.6 Å². The van der Waals surface area contributed by atoms with E-state index in [2.05, 4.69) is 15.3 Å². The van der Waals surface area contributed by atoms with E-state index in [1.165, 1.54) is 0 Å². The third kappa shape index (κ3) is 3.76. The van der Waals surface area contributed by atoms with E-state index in [4.69, 9.17) is 17.3 Å². The lowest BCUT2D eigenvalue weighted by Crippen LogP contribution is -2.33. The summed E-state index contributed by atoms with van der Waals surface area (Å²) in [5, 5.41) is 4.39. The SMILES string of the molecule is C[C@H](NC(=O)c1nc2ccccc2nc1N)c1cc2cccc(Cl)c2c(=O)n1-c1ccccc1. The molecule has 3 N–H and O–H groups in total. The Hall–Kier alpha value is -4.23. The van der Waals surface area contributed by atoms with Crippen molar-refractivity contribution in [2.45, 2.75) is 13.0 Å². The molecule has 2 aromatic heterocycles. The maximum atomic E-state index is 13.6. The lowest BCUT2D eigenvalue weighted by Gasteiger charge is -2.21.